The van der Waals surface area contributed by atoms with Gasteiger partial charge in [0.25, 0.3) is 0 Å². The summed E-state index contributed by atoms with van der Waals surface area (Å²) >= 11 is 1.72. The van der Waals surface area contributed by atoms with Gasteiger partial charge in [-0.1, -0.05) is 18.2 Å². The first-order valence-electron chi connectivity index (χ1n) is 6.65. The molecule has 0 aliphatic carbocycles. The molecule has 1 aromatic carbocycles. The fraction of sp³-hybridized carbons (Fsp3) is 0.400. The zero-order chi connectivity index (χ0) is 13.2. The second-order valence-corrected chi connectivity index (χ2v) is 6.03. The van der Waals surface area contributed by atoms with Crippen molar-refractivity contribution in [3.63, 3.8) is 0 Å². The first-order valence-corrected chi connectivity index (χ1v) is 7.53. The third-order valence-corrected chi connectivity index (χ3v) is 4.77. The Morgan fingerprint density at radius 2 is 1.95 bits per heavy atom. The molecule has 0 N–H and O–H groups in total. The van der Waals surface area contributed by atoms with Crippen LogP contribution >= 0.6 is 11.3 Å². The molecule has 1 saturated heterocycles. The van der Waals surface area contributed by atoms with Crippen molar-refractivity contribution in [1.29, 1.82) is 0 Å². The molecule has 0 radical (unpaired) electrons. The van der Waals surface area contributed by atoms with Crippen molar-refractivity contribution in [3.8, 4) is 0 Å². The highest BCUT2D eigenvalue weighted by molar-refractivity contribution is 7.17. The molecule has 3 nitrogen and oxygen atoms in total. The molecular formula is C15H18N2OS. The summed E-state index contributed by atoms with van der Waals surface area (Å²) in [6.07, 6.45) is 0.535. The average Bonchev–Trinajstić information content (AvgIpc) is 2.83. The first kappa shape index (κ1) is 12.6. The van der Waals surface area contributed by atoms with Crippen LogP contribution in [0.3, 0.4) is 0 Å². The highest BCUT2D eigenvalue weighted by Crippen LogP contribution is 2.26. The molecule has 19 heavy (non-hydrogen) atoms. The largest absolute Gasteiger partial charge is 0.340 e. The Balaban J connectivity index is 1.72. The lowest BCUT2D eigenvalue weighted by Gasteiger charge is -2.32. The van der Waals surface area contributed by atoms with Gasteiger partial charge in [0.2, 0.25) is 5.91 Å². The monoisotopic (exact) mass is 274 g/mol. The number of hydrogen-bond acceptors (Lipinski definition) is 3. The molecule has 0 atom stereocenters. The molecule has 0 unspecified atom stereocenters. The van der Waals surface area contributed by atoms with Crippen molar-refractivity contribution in [2.45, 2.75) is 6.42 Å². The molecule has 1 aliphatic heterocycles. The number of fused-ring (bicyclic) bond motifs is 1. The second-order valence-electron chi connectivity index (χ2n) is 5.12. The van der Waals surface area contributed by atoms with Crippen LogP contribution in [-0.4, -0.2) is 48.9 Å². The van der Waals surface area contributed by atoms with Crippen LogP contribution in [0.4, 0.5) is 0 Å². The Morgan fingerprint density at radius 3 is 2.74 bits per heavy atom. The number of rotatable bonds is 2. The fourth-order valence-electron chi connectivity index (χ4n) is 2.50. The van der Waals surface area contributed by atoms with Gasteiger partial charge in [0.1, 0.15) is 0 Å². The van der Waals surface area contributed by atoms with Crippen LogP contribution in [0.5, 0.6) is 0 Å². The maximum Gasteiger partial charge on any atom is 0.227 e. The molecule has 2 heterocycles. The van der Waals surface area contributed by atoms with Crippen LogP contribution in [0.1, 0.15) is 5.56 Å². The number of hydrogen-bond donors (Lipinski definition) is 0. The van der Waals surface area contributed by atoms with Gasteiger partial charge in [0.05, 0.1) is 6.42 Å². The molecule has 1 aromatic heterocycles. The topological polar surface area (TPSA) is 23.6 Å². The van der Waals surface area contributed by atoms with Crippen molar-refractivity contribution >= 4 is 27.3 Å². The lowest BCUT2D eigenvalue weighted by atomic mass is 10.1. The average molecular weight is 274 g/mol. The predicted octanol–water partition coefficient (Wildman–Crippen LogP) is 2.22. The van der Waals surface area contributed by atoms with Gasteiger partial charge in [-0.15, -0.1) is 11.3 Å². The fourth-order valence-corrected chi connectivity index (χ4v) is 3.46. The maximum absolute atomic E-state index is 12.3. The van der Waals surface area contributed by atoms with Gasteiger partial charge in [-0.25, -0.2) is 0 Å². The van der Waals surface area contributed by atoms with Crippen molar-refractivity contribution in [2.24, 2.45) is 0 Å². The van der Waals surface area contributed by atoms with E-state index in [-0.39, 0.29) is 5.91 Å². The molecule has 2 aromatic rings. The van der Waals surface area contributed by atoms with Crippen LogP contribution in [-0.2, 0) is 11.2 Å². The normalized spacial score (nSPS) is 17.0. The van der Waals surface area contributed by atoms with E-state index in [1.165, 1.54) is 15.6 Å². The maximum atomic E-state index is 12.3. The molecule has 100 valence electrons. The molecule has 0 bridgehead atoms. The van der Waals surface area contributed by atoms with E-state index >= 15 is 0 Å². The number of thiophene rings is 1. The van der Waals surface area contributed by atoms with Gasteiger partial charge in [-0.05, 0) is 29.4 Å². The molecule has 0 saturated carbocycles. The summed E-state index contributed by atoms with van der Waals surface area (Å²) in [7, 11) is 2.11. The van der Waals surface area contributed by atoms with E-state index in [0.29, 0.717) is 6.42 Å². The summed E-state index contributed by atoms with van der Waals surface area (Å²) in [5, 5.41) is 3.36. The molecule has 1 aliphatic rings. The number of likely N-dealkylation sites (N-methyl/N-ethyl adjacent to an activating group) is 1. The van der Waals surface area contributed by atoms with E-state index in [1.807, 2.05) is 17.0 Å². The van der Waals surface area contributed by atoms with Crippen molar-refractivity contribution in [2.75, 3.05) is 33.2 Å². The smallest absolute Gasteiger partial charge is 0.227 e. The Hall–Kier alpha value is -1.39. The van der Waals surface area contributed by atoms with Gasteiger partial charge >= 0.3 is 0 Å². The summed E-state index contributed by atoms with van der Waals surface area (Å²) in [5.74, 6) is 0.261. The summed E-state index contributed by atoms with van der Waals surface area (Å²) < 4.78 is 1.27. The van der Waals surface area contributed by atoms with Crippen LogP contribution < -0.4 is 0 Å². The highest BCUT2D eigenvalue weighted by atomic mass is 32.1. The van der Waals surface area contributed by atoms with Gasteiger partial charge in [0.15, 0.2) is 0 Å². The number of nitrogens with zero attached hydrogens (tertiary/aromatic N) is 2. The van der Waals surface area contributed by atoms with Gasteiger partial charge < -0.3 is 9.80 Å². The SMILES string of the molecule is CN1CCN(C(=O)Cc2csc3ccccc23)CC1. The third-order valence-electron chi connectivity index (χ3n) is 3.76. The summed E-state index contributed by atoms with van der Waals surface area (Å²) in [5.41, 5.74) is 1.17. The standard InChI is InChI=1S/C15H18N2OS/c1-16-6-8-17(9-7-16)15(18)10-12-11-19-14-5-3-2-4-13(12)14/h2-5,11H,6-10H2,1H3. The third kappa shape index (κ3) is 2.65. The van der Waals surface area contributed by atoms with E-state index in [9.17, 15) is 4.79 Å². The number of carbonyl (C=O) groups is 1. The number of benzene rings is 1. The van der Waals surface area contributed by atoms with E-state index in [1.54, 1.807) is 11.3 Å². The number of amides is 1. The van der Waals surface area contributed by atoms with E-state index in [2.05, 4.69) is 29.5 Å². The van der Waals surface area contributed by atoms with E-state index in [4.69, 9.17) is 0 Å². The lowest BCUT2D eigenvalue weighted by molar-refractivity contribution is -0.132. The molecule has 1 amide bonds. The molecule has 4 heteroatoms. The zero-order valence-corrected chi connectivity index (χ0v) is 11.9. The van der Waals surface area contributed by atoms with Crippen LogP contribution in [0.2, 0.25) is 0 Å². The number of carbonyl (C=O) groups excluding carboxylic acids is 1. The van der Waals surface area contributed by atoms with Crippen molar-refractivity contribution in [3.05, 3.63) is 35.2 Å². The molecule has 0 spiro atoms. The summed E-state index contributed by atoms with van der Waals surface area (Å²) in [6, 6.07) is 8.31. The van der Waals surface area contributed by atoms with Crippen LogP contribution in [0.25, 0.3) is 10.1 Å². The molecular weight excluding hydrogens is 256 g/mol. The van der Waals surface area contributed by atoms with Crippen molar-refractivity contribution in [1.82, 2.24) is 9.80 Å². The second kappa shape index (κ2) is 5.31. The summed E-state index contributed by atoms with van der Waals surface area (Å²) in [6.45, 7) is 3.68. The molecule has 3 rings (SSSR count). The number of piperazine rings is 1. The van der Waals surface area contributed by atoms with E-state index in [0.717, 1.165) is 26.2 Å². The van der Waals surface area contributed by atoms with Gasteiger partial charge in [-0.3, -0.25) is 4.79 Å². The van der Waals surface area contributed by atoms with Crippen LogP contribution in [0.15, 0.2) is 29.6 Å². The first-order chi connectivity index (χ1) is 9.24. The Labute approximate surface area is 117 Å². The quantitative estimate of drug-likeness (QED) is 0.838. The Morgan fingerprint density at radius 1 is 1.21 bits per heavy atom. The van der Waals surface area contributed by atoms with Crippen LogP contribution in [0, 0.1) is 0 Å². The van der Waals surface area contributed by atoms with Gasteiger partial charge in [-0.2, -0.15) is 0 Å². The predicted molar refractivity (Wildman–Crippen MR) is 79.6 cm³/mol. The highest BCUT2D eigenvalue weighted by Gasteiger charge is 2.19. The van der Waals surface area contributed by atoms with Gasteiger partial charge in [0, 0.05) is 30.9 Å². The Kier molecular flexibility index (Phi) is 3.53. The zero-order valence-electron chi connectivity index (χ0n) is 11.1. The van der Waals surface area contributed by atoms with Crippen molar-refractivity contribution < 1.29 is 4.79 Å². The summed E-state index contributed by atoms with van der Waals surface area (Å²) in [4.78, 5) is 16.6. The lowest BCUT2D eigenvalue weighted by Crippen LogP contribution is -2.47. The minimum absolute atomic E-state index is 0.261. The Bertz CT molecular complexity index is 585. The minimum Gasteiger partial charge on any atom is -0.340 e. The molecule has 1 fully saturated rings. The minimum atomic E-state index is 0.261. The van der Waals surface area contributed by atoms with E-state index < -0.39 is 0 Å².